The number of rotatable bonds is 8. The molecule has 13 nitrogen and oxygen atoms in total. The number of amides is 1. The van der Waals surface area contributed by atoms with Crippen LogP contribution in [0.2, 0.25) is 0 Å². The van der Waals surface area contributed by atoms with Crippen LogP contribution in [0.25, 0.3) is 11.2 Å². The Balaban J connectivity index is 0.000000190. The number of nitrogens with one attached hydrogen (secondary N) is 1. The fourth-order valence-electron chi connectivity index (χ4n) is 6.53. The van der Waals surface area contributed by atoms with E-state index in [1.54, 1.807) is 15.9 Å². The topological polar surface area (TPSA) is 147 Å². The lowest BCUT2D eigenvalue weighted by Gasteiger charge is -2.42. The maximum atomic E-state index is 11.2. The monoisotopic (exact) mass is 696 g/mol. The summed E-state index contributed by atoms with van der Waals surface area (Å²) in [6.45, 7) is 11.1. The zero-order valence-electron chi connectivity index (χ0n) is 29.6. The van der Waals surface area contributed by atoms with Crippen molar-refractivity contribution in [2.24, 2.45) is 7.05 Å². The Morgan fingerprint density at radius 2 is 1.66 bits per heavy atom. The van der Waals surface area contributed by atoms with Crippen LogP contribution in [-0.4, -0.2) is 116 Å². The Bertz CT molecular complexity index is 1570. The molecule has 2 saturated heterocycles. The highest BCUT2D eigenvalue weighted by Crippen LogP contribution is 2.28. The Labute approximate surface area is 292 Å². The van der Waals surface area contributed by atoms with Crippen molar-refractivity contribution >= 4 is 29.4 Å². The average Bonchev–Trinajstić information content (AvgIpc) is 3.49. The van der Waals surface area contributed by atoms with Crippen LogP contribution in [0, 0.1) is 18.3 Å². The van der Waals surface area contributed by atoms with Crippen molar-refractivity contribution < 1.29 is 23.5 Å². The molecule has 1 aromatic carbocycles. The van der Waals surface area contributed by atoms with Gasteiger partial charge in [0.2, 0.25) is 12.2 Å². The van der Waals surface area contributed by atoms with Gasteiger partial charge in [0.05, 0.1) is 12.4 Å². The number of carboxylic acids is 1. The van der Waals surface area contributed by atoms with Gasteiger partial charge < -0.3 is 14.6 Å². The number of carbonyl (C=O) groups excluding carboxylic acids is 1. The van der Waals surface area contributed by atoms with Crippen LogP contribution < -0.4 is 10.4 Å². The molecule has 1 amide bonds. The number of piperidine rings is 1. The summed E-state index contributed by atoms with van der Waals surface area (Å²) in [6.07, 6.45) is 10.3. The Hall–Kier alpha value is -4.26. The Kier molecular flexibility index (Phi) is 14.0. The molecule has 2 aromatic heterocycles. The molecular formula is C35H50F2N10O3. The number of likely N-dealkylation sites (N-methyl/N-ethyl adjacent to an activating group) is 1. The van der Waals surface area contributed by atoms with E-state index in [-0.39, 0.29) is 11.9 Å². The van der Waals surface area contributed by atoms with Gasteiger partial charge in [-0.2, -0.15) is 24.0 Å². The Morgan fingerprint density at radius 1 is 1.04 bits per heavy atom. The lowest BCUT2D eigenvalue weighted by Crippen LogP contribution is -2.52. The molecule has 50 heavy (non-hydrogen) atoms. The van der Waals surface area contributed by atoms with Crippen LogP contribution in [0.1, 0.15) is 68.8 Å². The van der Waals surface area contributed by atoms with Crippen LogP contribution >= 0.6 is 0 Å². The standard InChI is InChI=1S/C18H29N3.C14H17N7O.C3H4F2O2/c1-16-3-5-17(6-4-16)15-20-9-7-18(8-10-20)21-13-11-19(2)12-14-21;1-20-8-16-12-13(20)18-11(7-15)19-14(12)21(17-9-22)10-5-3-2-4-6-10;1-3(4,5)2(6)7/h3-6,18H,7-15H2,1-2H3;8-10H,2-6H2,1H3,(H,17,22);1H3,(H,6,7). The summed E-state index contributed by atoms with van der Waals surface area (Å²) in [5.41, 5.74) is 6.70. The number of piperazine rings is 1. The number of imidazole rings is 1. The summed E-state index contributed by atoms with van der Waals surface area (Å²) in [4.78, 5) is 40.9. The third kappa shape index (κ3) is 10.9. The van der Waals surface area contributed by atoms with Crippen molar-refractivity contribution in [2.75, 3.05) is 51.3 Å². The first-order valence-corrected chi connectivity index (χ1v) is 17.3. The molecule has 15 heteroatoms. The van der Waals surface area contributed by atoms with E-state index < -0.39 is 11.9 Å². The zero-order valence-corrected chi connectivity index (χ0v) is 29.6. The fraction of sp³-hybridized carbons (Fsp3) is 0.600. The maximum absolute atomic E-state index is 11.2. The van der Waals surface area contributed by atoms with Crippen molar-refractivity contribution in [3.05, 3.63) is 47.5 Å². The van der Waals surface area contributed by atoms with Gasteiger partial charge in [-0.3, -0.25) is 25.0 Å². The lowest BCUT2D eigenvalue weighted by atomic mass is 9.95. The zero-order chi connectivity index (χ0) is 36.3. The number of carbonyl (C=O) groups is 2. The van der Waals surface area contributed by atoms with Gasteiger partial charge >= 0.3 is 11.9 Å². The van der Waals surface area contributed by atoms with E-state index in [9.17, 15) is 18.4 Å². The maximum Gasteiger partial charge on any atom is 0.374 e. The number of alkyl halides is 2. The molecule has 0 atom stereocenters. The van der Waals surface area contributed by atoms with Gasteiger partial charge in [-0.1, -0.05) is 49.1 Å². The smallest absolute Gasteiger partial charge is 0.374 e. The van der Waals surface area contributed by atoms with Gasteiger partial charge in [0.25, 0.3) is 0 Å². The number of aromatic nitrogens is 4. The summed E-state index contributed by atoms with van der Waals surface area (Å²) in [7, 11) is 4.05. The first-order chi connectivity index (χ1) is 23.9. The molecule has 0 unspecified atom stereocenters. The molecule has 272 valence electrons. The van der Waals surface area contributed by atoms with Gasteiger partial charge in [-0.15, -0.1) is 0 Å². The van der Waals surface area contributed by atoms with Gasteiger partial charge in [0.1, 0.15) is 6.07 Å². The van der Waals surface area contributed by atoms with Crippen molar-refractivity contribution in [3.8, 4) is 6.07 Å². The predicted octanol–water partition coefficient (Wildman–Crippen LogP) is 3.97. The average molecular weight is 697 g/mol. The van der Waals surface area contributed by atoms with Crippen molar-refractivity contribution in [1.29, 1.82) is 5.26 Å². The molecule has 3 aliphatic rings. The molecule has 0 radical (unpaired) electrons. The van der Waals surface area contributed by atoms with E-state index in [1.807, 2.05) is 13.1 Å². The van der Waals surface area contributed by atoms with Crippen LogP contribution in [-0.2, 0) is 23.2 Å². The van der Waals surface area contributed by atoms with Crippen LogP contribution in [0.4, 0.5) is 14.6 Å². The van der Waals surface area contributed by atoms with Crippen LogP contribution in [0.15, 0.2) is 30.6 Å². The van der Waals surface area contributed by atoms with Crippen LogP contribution in [0.3, 0.4) is 0 Å². The minimum atomic E-state index is -3.58. The highest BCUT2D eigenvalue weighted by molar-refractivity contribution is 5.84. The van der Waals surface area contributed by atoms with Gasteiger partial charge in [-0.05, 0) is 58.3 Å². The first kappa shape index (κ1) is 38.5. The largest absolute Gasteiger partial charge is 0.477 e. The molecule has 3 fully saturated rings. The SMILES string of the molecule is CC(F)(F)C(=O)O.Cc1ccc(CN2CCC(N3CCN(C)CC3)CC2)cc1.Cn1cnc2c(N(NC=O)C3CCCCC3)nc(C#N)nc21. The molecular weight excluding hydrogens is 646 g/mol. The van der Waals surface area contributed by atoms with Gasteiger partial charge in [-0.25, -0.2) is 9.78 Å². The molecule has 0 bridgehead atoms. The number of nitriles is 1. The number of anilines is 1. The molecule has 0 spiro atoms. The number of aryl methyl sites for hydroxylation is 2. The predicted molar refractivity (Wildman–Crippen MR) is 186 cm³/mol. The summed E-state index contributed by atoms with van der Waals surface area (Å²) >= 11 is 0. The van der Waals surface area contributed by atoms with Crippen molar-refractivity contribution in [3.63, 3.8) is 0 Å². The second-order valence-electron chi connectivity index (χ2n) is 13.4. The number of carboxylic acid groups (broad SMARTS) is 1. The van der Waals surface area contributed by atoms with Crippen molar-refractivity contribution in [1.82, 2.24) is 39.6 Å². The van der Waals surface area contributed by atoms with Gasteiger partial charge in [0, 0.05) is 52.7 Å². The minimum Gasteiger partial charge on any atom is -0.477 e. The van der Waals surface area contributed by atoms with E-state index >= 15 is 0 Å². The number of halogens is 2. The van der Waals surface area contributed by atoms with Gasteiger partial charge in [0.15, 0.2) is 17.0 Å². The minimum absolute atomic E-state index is 0.0691. The molecule has 6 rings (SSSR count). The van der Waals surface area contributed by atoms with E-state index in [1.165, 1.54) is 69.7 Å². The highest BCUT2D eigenvalue weighted by atomic mass is 19.3. The van der Waals surface area contributed by atoms with E-state index in [2.05, 4.69) is 73.3 Å². The quantitative estimate of drug-likeness (QED) is 0.261. The molecule has 1 aliphatic carbocycles. The molecule has 4 heterocycles. The number of fused-ring (bicyclic) bond motifs is 1. The number of hydrazine groups is 1. The normalized spacial score (nSPS) is 18.3. The van der Waals surface area contributed by atoms with Crippen LogP contribution in [0.5, 0.6) is 0 Å². The van der Waals surface area contributed by atoms with E-state index in [0.29, 0.717) is 30.3 Å². The molecule has 3 aromatic rings. The number of nitrogens with zero attached hydrogens (tertiary/aromatic N) is 9. The summed E-state index contributed by atoms with van der Waals surface area (Å²) in [6, 6.07) is 12.0. The number of hydrogen-bond donors (Lipinski definition) is 2. The number of hydrogen-bond acceptors (Lipinski definition) is 10. The Morgan fingerprint density at radius 3 is 2.22 bits per heavy atom. The third-order valence-corrected chi connectivity index (χ3v) is 9.51. The summed E-state index contributed by atoms with van der Waals surface area (Å²) in [5.74, 6) is -5.12. The highest BCUT2D eigenvalue weighted by Gasteiger charge is 2.31. The number of likely N-dealkylation sites (tertiary alicyclic amines) is 1. The number of aliphatic carboxylic acids is 1. The van der Waals surface area contributed by atoms with E-state index in [0.717, 1.165) is 38.3 Å². The number of benzene rings is 1. The summed E-state index contributed by atoms with van der Waals surface area (Å²) < 4.78 is 24.2. The molecule has 2 aliphatic heterocycles. The summed E-state index contributed by atoms with van der Waals surface area (Å²) in [5, 5.41) is 18.4. The first-order valence-electron chi connectivity index (χ1n) is 17.3. The second kappa shape index (κ2) is 18.1. The third-order valence-electron chi connectivity index (χ3n) is 9.51. The van der Waals surface area contributed by atoms with Crippen molar-refractivity contribution in [2.45, 2.75) is 83.3 Å². The molecule has 2 N–H and O–H groups in total. The second-order valence-corrected chi connectivity index (χ2v) is 13.4. The fourth-order valence-corrected chi connectivity index (χ4v) is 6.53. The lowest BCUT2D eigenvalue weighted by molar-refractivity contribution is -0.161. The molecule has 1 saturated carbocycles. The van der Waals surface area contributed by atoms with E-state index in [4.69, 9.17) is 10.4 Å².